The van der Waals surface area contributed by atoms with Crippen molar-refractivity contribution in [2.75, 3.05) is 6.61 Å². The van der Waals surface area contributed by atoms with Crippen molar-refractivity contribution in [1.82, 2.24) is 0 Å². The fourth-order valence-corrected chi connectivity index (χ4v) is 7.42. The van der Waals surface area contributed by atoms with Crippen LogP contribution in [0, 0.1) is 34.9 Å². The molecule has 4 aliphatic rings. The second-order valence-corrected chi connectivity index (χ2v) is 11.7. The number of ether oxygens (including phenoxy) is 1. The lowest BCUT2D eigenvalue weighted by Gasteiger charge is -2.48. The number of rotatable bonds is 7. The van der Waals surface area contributed by atoms with Gasteiger partial charge >= 0.3 is 0 Å². The Hall–Kier alpha value is -1.05. The molecule has 0 heterocycles. The predicted molar refractivity (Wildman–Crippen MR) is 121 cm³/mol. The molecule has 30 heavy (non-hydrogen) atoms. The van der Waals surface area contributed by atoms with E-state index in [2.05, 4.69) is 19.9 Å². The topological polar surface area (TPSA) is 9.23 Å². The maximum Gasteiger partial charge on any atom is 0.130 e. The van der Waals surface area contributed by atoms with Gasteiger partial charge in [0.1, 0.15) is 11.6 Å². The van der Waals surface area contributed by atoms with Gasteiger partial charge in [-0.2, -0.15) is 0 Å². The number of benzene rings is 1. The molecule has 2 bridgehead atoms. The Labute approximate surface area is 183 Å². The van der Waals surface area contributed by atoms with Crippen LogP contribution in [0.25, 0.3) is 0 Å². The molecule has 5 rings (SSSR count). The second-order valence-electron chi connectivity index (χ2n) is 11.7. The van der Waals surface area contributed by atoms with Crippen molar-refractivity contribution in [3.05, 3.63) is 29.1 Å². The normalized spacial score (nSPS) is 34.3. The van der Waals surface area contributed by atoms with Crippen LogP contribution in [0.2, 0.25) is 0 Å². The maximum atomic E-state index is 15.1. The molecule has 166 valence electrons. The molecule has 2 heteroatoms. The molecule has 1 aromatic rings. The lowest BCUT2D eigenvalue weighted by atomic mass is 9.58. The molecule has 0 radical (unpaired) electrons. The van der Waals surface area contributed by atoms with E-state index in [1.54, 1.807) is 6.07 Å². The Kier molecular flexibility index (Phi) is 5.88. The molecule has 4 saturated carbocycles. The summed E-state index contributed by atoms with van der Waals surface area (Å²) in [5.74, 6) is 4.78. The summed E-state index contributed by atoms with van der Waals surface area (Å²) in [5, 5.41) is 0. The Balaban J connectivity index is 1.32. The summed E-state index contributed by atoms with van der Waals surface area (Å²) in [5.41, 5.74) is 2.55. The highest BCUT2D eigenvalue weighted by Crippen LogP contribution is 2.52. The smallest absolute Gasteiger partial charge is 0.130 e. The summed E-state index contributed by atoms with van der Waals surface area (Å²) in [6, 6.07) is 3.95. The summed E-state index contributed by atoms with van der Waals surface area (Å²) in [7, 11) is 0. The van der Waals surface area contributed by atoms with Crippen LogP contribution in [0.5, 0.6) is 5.75 Å². The molecule has 1 aromatic carbocycles. The van der Waals surface area contributed by atoms with Crippen molar-refractivity contribution >= 4 is 0 Å². The largest absolute Gasteiger partial charge is 0.493 e. The van der Waals surface area contributed by atoms with Gasteiger partial charge in [-0.1, -0.05) is 39.5 Å². The first-order valence-electron chi connectivity index (χ1n) is 13.0. The van der Waals surface area contributed by atoms with Crippen molar-refractivity contribution in [2.45, 2.75) is 103 Å². The van der Waals surface area contributed by atoms with Gasteiger partial charge in [0.05, 0.1) is 6.61 Å². The van der Waals surface area contributed by atoms with Crippen molar-refractivity contribution in [2.24, 2.45) is 29.1 Å². The Bertz CT molecular complexity index is 727. The number of hydrogen-bond acceptors (Lipinski definition) is 1. The number of hydrogen-bond donors (Lipinski definition) is 0. The first-order chi connectivity index (χ1) is 14.5. The third-order valence-corrected chi connectivity index (χ3v) is 9.04. The van der Waals surface area contributed by atoms with E-state index >= 15 is 4.39 Å². The quantitative estimate of drug-likeness (QED) is 0.440. The molecule has 2 atom stereocenters. The van der Waals surface area contributed by atoms with E-state index in [0.717, 1.165) is 42.1 Å². The van der Waals surface area contributed by atoms with Crippen LogP contribution in [0.15, 0.2) is 12.1 Å². The predicted octanol–water partition coefficient (Wildman–Crippen LogP) is 8.06. The molecule has 4 aliphatic carbocycles. The van der Waals surface area contributed by atoms with Gasteiger partial charge in [0.15, 0.2) is 0 Å². The molecule has 0 spiro atoms. The average molecular weight is 413 g/mol. The zero-order valence-electron chi connectivity index (χ0n) is 19.2. The average Bonchev–Trinajstić information content (AvgIpc) is 3.43. The van der Waals surface area contributed by atoms with Crippen molar-refractivity contribution in [3.8, 4) is 5.75 Å². The van der Waals surface area contributed by atoms with Gasteiger partial charge in [-0.15, -0.1) is 0 Å². The highest BCUT2D eigenvalue weighted by molar-refractivity contribution is 5.43. The summed E-state index contributed by atoms with van der Waals surface area (Å²) < 4.78 is 21.6. The highest BCUT2D eigenvalue weighted by atomic mass is 19.1. The van der Waals surface area contributed by atoms with E-state index < -0.39 is 0 Å². The van der Waals surface area contributed by atoms with Crippen LogP contribution in [0.3, 0.4) is 0 Å². The zero-order chi connectivity index (χ0) is 20.7. The van der Waals surface area contributed by atoms with Gasteiger partial charge in [-0.25, -0.2) is 4.39 Å². The fourth-order valence-electron chi connectivity index (χ4n) is 7.42. The van der Waals surface area contributed by atoms with Gasteiger partial charge in [0, 0.05) is 11.5 Å². The van der Waals surface area contributed by atoms with Crippen LogP contribution < -0.4 is 4.74 Å². The lowest BCUT2D eigenvalue weighted by Crippen LogP contribution is -2.41. The Morgan fingerprint density at radius 2 is 1.70 bits per heavy atom. The summed E-state index contributed by atoms with van der Waals surface area (Å²) in [6.07, 6.45) is 16.6. The molecule has 0 N–H and O–H groups in total. The first kappa shape index (κ1) is 20.8. The summed E-state index contributed by atoms with van der Waals surface area (Å²) in [4.78, 5) is 0. The van der Waals surface area contributed by atoms with Gasteiger partial charge in [-0.3, -0.25) is 0 Å². The van der Waals surface area contributed by atoms with Gasteiger partial charge in [0.2, 0.25) is 0 Å². The highest BCUT2D eigenvalue weighted by Gasteiger charge is 2.43. The SMILES string of the molecule is CCC1(COc2cc(F)c(CC3CCCC3)cc2C2CC2)CC2CC(C)CC(C2)C1. The van der Waals surface area contributed by atoms with Crippen LogP contribution in [0.4, 0.5) is 4.39 Å². The van der Waals surface area contributed by atoms with Gasteiger partial charge < -0.3 is 4.74 Å². The fraction of sp³-hybridized carbons (Fsp3) is 0.786. The van der Waals surface area contributed by atoms with Crippen LogP contribution in [-0.4, -0.2) is 6.61 Å². The molecule has 0 aromatic heterocycles. The zero-order valence-corrected chi connectivity index (χ0v) is 19.2. The lowest BCUT2D eigenvalue weighted by molar-refractivity contribution is -0.000674. The van der Waals surface area contributed by atoms with E-state index in [1.807, 2.05) is 0 Å². The maximum absolute atomic E-state index is 15.1. The minimum Gasteiger partial charge on any atom is -0.493 e. The molecule has 0 saturated heterocycles. The van der Waals surface area contributed by atoms with Gasteiger partial charge in [0.25, 0.3) is 0 Å². The number of halogens is 1. The van der Waals surface area contributed by atoms with Crippen molar-refractivity contribution < 1.29 is 9.13 Å². The third-order valence-electron chi connectivity index (χ3n) is 9.04. The monoisotopic (exact) mass is 412 g/mol. The first-order valence-corrected chi connectivity index (χ1v) is 13.0. The molecule has 4 fully saturated rings. The van der Waals surface area contributed by atoms with E-state index in [1.165, 1.54) is 82.6 Å². The van der Waals surface area contributed by atoms with Crippen molar-refractivity contribution in [1.29, 1.82) is 0 Å². The van der Waals surface area contributed by atoms with E-state index in [4.69, 9.17) is 4.74 Å². The number of fused-ring (bicyclic) bond motifs is 2. The molecular weight excluding hydrogens is 371 g/mol. The van der Waals surface area contributed by atoms with E-state index in [-0.39, 0.29) is 5.82 Å². The third kappa shape index (κ3) is 4.44. The van der Waals surface area contributed by atoms with Crippen LogP contribution in [-0.2, 0) is 6.42 Å². The standard InChI is InChI=1S/C28H41FO/c1-3-28(16-21-10-19(2)11-22(12-21)17-28)18-30-27-15-26(29)24(13-20-6-4-5-7-20)14-25(27)23-8-9-23/h14-15,19-23H,3-13,16-18H2,1-2H3. The van der Waals surface area contributed by atoms with Crippen LogP contribution >= 0.6 is 0 Å². The Morgan fingerprint density at radius 3 is 2.33 bits per heavy atom. The second kappa shape index (κ2) is 8.47. The Morgan fingerprint density at radius 1 is 1.00 bits per heavy atom. The van der Waals surface area contributed by atoms with Crippen molar-refractivity contribution in [3.63, 3.8) is 0 Å². The molecule has 0 aliphatic heterocycles. The molecular formula is C28H41FO. The molecule has 0 amide bonds. The molecule has 2 unspecified atom stereocenters. The minimum absolute atomic E-state index is 0.0267. The van der Waals surface area contributed by atoms with E-state index in [0.29, 0.717) is 17.3 Å². The summed E-state index contributed by atoms with van der Waals surface area (Å²) >= 11 is 0. The summed E-state index contributed by atoms with van der Waals surface area (Å²) in [6.45, 7) is 5.57. The van der Waals surface area contributed by atoms with E-state index in [9.17, 15) is 0 Å². The van der Waals surface area contributed by atoms with Crippen LogP contribution in [0.1, 0.15) is 108 Å². The molecule has 1 nitrogen and oxygen atoms in total. The minimum atomic E-state index is -0.0267. The van der Waals surface area contributed by atoms with Gasteiger partial charge in [-0.05, 0) is 105 Å².